The first-order chi connectivity index (χ1) is 6.27. The Morgan fingerprint density at radius 3 is 3.00 bits per heavy atom. The monoisotopic (exact) mass is 183 g/mol. The maximum atomic E-state index is 3.52. The SMILES string of the molecule is CN(C)C1CC2CNCCCN2C1. The van der Waals surface area contributed by atoms with Crippen LogP contribution in [0, 0.1) is 0 Å². The molecule has 2 unspecified atom stereocenters. The summed E-state index contributed by atoms with van der Waals surface area (Å²) in [6, 6.07) is 1.58. The number of hydrogen-bond donors (Lipinski definition) is 1. The molecule has 1 N–H and O–H groups in total. The summed E-state index contributed by atoms with van der Waals surface area (Å²) in [5.74, 6) is 0. The van der Waals surface area contributed by atoms with E-state index in [4.69, 9.17) is 0 Å². The second kappa shape index (κ2) is 3.95. The number of nitrogens with one attached hydrogen (secondary N) is 1. The molecule has 3 heteroatoms. The van der Waals surface area contributed by atoms with Gasteiger partial charge in [-0.2, -0.15) is 0 Å². The summed E-state index contributed by atoms with van der Waals surface area (Å²) in [6.45, 7) is 4.98. The summed E-state index contributed by atoms with van der Waals surface area (Å²) in [4.78, 5) is 5.03. The van der Waals surface area contributed by atoms with Crippen molar-refractivity contribution in [2.24, 2.45) is 0 Å². The molecule has 0 radical (unpaired) electrons. The van der Waals surface area contributed by atoms with Gasteiger partial charge in [0, 0.05) is 25.2 Å². The number of nitrogens with zero attached hydrogens (tertiary/aromatic N) is 2. The number of rotatable bonds is 1. The lowest BCUT2D eigenvalue weighted by molar-refractivity contribution is 0.250. The molecule has 0 aromatic carbocycles. The van der Waals surface area contributed by atoms with Crippen molar-refractivity contribution in [3.05, 3.63) is 0 Å². The molecule has 0 aromatic rings. The highest BCUT2D eigenvalue weighted by Gasteiger charge is 2.33. The Balaban J connectivity index is 1.94. The molecule has 0 aromatic heterocycles. The number of hydrogen-bond acceptors (Lipinski definition) is 3. The summed E-state index contributed by atoms with van der Waals surface area (Å²) >= 11 is 0. The Labute approximate surface area is 81.1 Å². The number of fused-ring (bicyclic) bond motifs is 1. The van der Waals surface area contributed by atoms with Crippen LogP contribution < -0.4 is 5.32 Å². The van der Waals surface area contributed by atoms with Crippen molar-refractivity contribution >= 4 is 0 Å². The predicted molar refractivity (Wildman–Crippen MR) is 54.9 cm³/mol. The zero-order valence-corrected chi connectivity index (χ0v) is 8.79. The minimum atomic E-state index is 0.782. The summed E-state index contributed by atoms with van der Waals surface area (Å²) < 4.78 is 0. The quantitative estimate of drug-likeness (QED) is 0.616. The highest BCUT2D eigenvalue weighted by molar-refractivity contribution is 4.91. The molecule has 2 fully saturated rings. The first kappa shape index (κ1) is 9.44. The van der Waals surface area contributed by atoms with Crippen LogP contribution in [0.5, 0.6) is 0 Å². The van der Waals surface area contributed by atoms with E-state index < -0.39 is 0 Å². The van der Waals surface area contributed by atoms with Gasteiger partial charge >= 0.3 is 0 Å². The average Bonchev–Trinajstić information content (AvgIpc) is 2.38. The van der Waals surface area contributed by atoms with Crippen LogP contribution in [-0.2, 0) is 0 Å². The van der Waals surface area contributed by atoms with Crippen molar-refractivity contribution in [2.45, 2.75) is 24.9 Å². The van der Waals surface area contributed by atoms with E-state index in [0.717, 1.165) is 12.1 Å². The van der Waals surface area contributed by atoms with Crippen molar-refractivity contribution in [3.63, 3.8) is 0 Å². The molecule has 2 aliphatic rings. The normalized spacial score (nSPS) is 36.2. The van der Waals surface area contributed by atoms with Crippen molar-refractivity contribution < 1.29 is 0 Å². The van der Waals surface area contributed by atoms with E-state index >= 15 is 0 Å². The highest BCUT2D eigenvalue weighted by atomic mass is 15.3. The van der Waals surface area contributed by atoms with Crippen molar-refractivity contribution in [1.29, 1.82) is 0 Å². The average molecular weight is 183 g/mol. The lowest BCUT2D eigenvalue weighted by Gasteiger charge is -2.20. The first-order valence-corrected chi connectivity index (χ1v) is 5.38. The van der Waals surface area contributed by atoms with E-state index in [2.05, 4.69) is 29.2 Å². The molecular weight excluding hydrogens is 162 g/mol. The molecule has 0 amide bonds. The Morgan fingerprint density at radius 2 is 2.23 bits per heavy atom. The molecule has 2 saturated heterocycles. The van der Waals surface area contributed by atoms with Gasteiger partial charge in [0.15, 0.2) is 0 Å². The summed E-state index contributed by atoms with van der Waals surface area (Å²) in [7, 11) is 4.40. The maximum absolute atomic E-state index is 3.52. The van der Waals surface area contributed by atoms with Crippen LogP contribution >= 0.6 is 0 Å². The molecule has 76 valence electrons. The molecule has 0 saturated carbocycles. The van der Waals surface area contributed by atoms with Gasteiger partial charge in [0.25, 0.3) is 0 Å². The summed E-state index contributed by atoms with van der Waals surface area (Å²) in [6.07, 6.45) is 2.66. The van der Waals surface area contributed by atoms with Gasteiger partial charge in [-0.3, -0.25) is 4.90 Å². The van der Waals surface area contributed by atoms with Gasteiger partial charge < -0.3 is 10.2 Å². The Bertz CT molecular complexity index is 156. The van der Waals surface area contributed by atoms with E-state index in [1.54, 1.807) is 0 Å². The fourth-order valence-electron chi connectivity index (χ4n) is 2.49. The standard InChI is InChI=1S/C10H21N3/c1-12(2)10-6-9-7-11-4-3-5-13(9)8-10/h9-11H,3-8H2,1-2H3. The van der Waals surface area contributed by atoms with Gasteiger partial charge in [0.1, 0.15) is 0 Å². The van der Waals surface area contributed by atoms with E-state index in [-0.39, 0.29) is 0 Å². The van der Waals surface area contributed by atoms with Gasteiger partial charge in [0.2, 0.25) is 0 Å². The van der Waals surface area contributed by atoms with Gasteiger partial charge in [-0.05, 0) is 40.0 Å². The van der Waals surface area contributed by atoms with E-state index in [9.17, 15) is 0 Å². The van der Waals surface area contributed by atoms with Crippen LogP contribution in [-0.4, -0.2) is 62.2 Å². The van der Waals surface area contributed by atoms with Gasteiger partial charge in [-0.25, -0.2) is 0 Å². The molecule has 2 atom stereocenters. The lowest BCUT2D eigenvalue weighted by atomic mass is 10.1. The largest absolute Gasteiger partial charge is 0.315 e. The molecule has 13 heavy (non-hydrogen) atoms. The molecule has 0 spiro atoms. The third kappa shape index (κ3) is 2.03. The molecule has 2 heterocycles. The third-order valence-corrected chi connectivity index (χ3v) is 3.41. The van der Waals surface area contributed by atoms with E-state index in [1.807, 2.05) is 0 Å². The Kier molecular flexibility index (Phi) is 2.86. The smallest absolute Gasteiger partial charge is 0.0236 e. The number of likely N-dealkylation sites (N-methyl/N-ethyl adjacent to an activating group) is 1. The second-order valence-corrected chi connectivity index (χ2v) is 4.56. The lowest BCUT2D eigenvalue weighted by Crippen LogP contribution is -2.34. The minimum Gasteiger partial charge on any atom is -0.315 e. The predicted octanol–water partition coefficient (Wildman–Crippen LogP) is -0.0158. The highest BCUT2D eigenvalue weighted by Crippen LogP contribution is 2.21. The van der Waals surface area contributed by atoms with Crippen molar-refractivity contribution in [3.8, 4) is 0 Å². The van der Waals surface area contributed by atoms with Crippen LogP contribution in [0.15, 0.2) is 0 Å². The Morgan fingerprint density at radius 1 is 1.38 bits per heavy atom. The fourth-order valence-corrected chi connectivity index (χ4v) is 2.49. The van der Waals surface area contributed by atoms with Crippen molar-refractivity contribution in [1.82, 2.24) is 15.1 Å². The summed E-state index contributed by atoms with van der Waals surface area (Å²) in [5, 5.41) is 3.52. The zero-order valence-electron chi connectivity index (χ0n) is 8.79. The van der Waals surface area contributed by atoms with Crippen LogP contribution in [0.3, 0.4) is 0 Å². The van der Waals surface area contributed by atoms with E-state index in [0.29, 0.717) is 0 Å². The van der Waals surface area contributed by atoms with Gasteiger partial charge in [-0.15, -0.1) is 0 Å². The van der Waals surface area contributed by atoms with Crippen LogP contribution in [0.4, 0.5) is 0 Å². The maximum Gasteiger partial charge on any atom is 0.0236 e. The van der Waals surface area contributed by atoms with Crippen LogP contribution in [0.25, 0.3) is 0 Å². The van der Waals surface area contributed by atoms with E-state index in [1.165, 1.54) is 39.0 Å². The molecule has 2 rings (SSSR count). The topological polar surface area (TPSA) is 18.5 Å². The zero-order chi connectivity index (χ0) is 9.26. The molecule has 0 bridgehead atoms. The van der Waals surface area contributed by atoms with Gasteiger partial charge in [0.05, 0.1) is 0 Å². The minimum absolute atomic E-state index is 0.782. The molecular formula is C10H21N3. The molecule has 3 nitrogen and oxygen atoms in total. The van der Waals surface area contributed by atoms with Crippen molar-refractivity contribution in [2.75, 3.05) is 40.3 Å². The third-order valence-electron chi connectivity index (χ3n) is 3.41. The van der Waals surface area contributed by atoms with Crippen LogP contribution in [0.1, 0.15) is 12.8 Å². The first-order valence-electron chi connectivity index (χ1n) is 5.38. The second-order valence-electron chi connectivity index (χ2n) is 4.56. The van der Waals surface area contributed by atoms with Gasteiger partial charge in [-0.1, -0.05) is 0 Å². The molecule has 0 aliphatic carbocycles. The summed E-state index contributed by atoms with van der Waals surface area (Å²) in [5.41, 5.74) is 0. The Hall–Kier alpha value is -0.120. The van der Waals surface area contributed by atoms with Crippen LogP contribution in [0.2, 0.25) is 0 Å². The molecule has 2 aliphatic heterocycles. The fraction of sp³-hybridized carbons (Fsp3) is 1.00.